The van der Waals surface area contributed by atoms with Gasteiger partial charge in [0.05, 0.1) is 0 Å². The van der Waals surface area contributed by atoms with Crippen LogP contribution in [0.1, 0.15) is 22.6 Å². The number of halogens is 1. The highest BCUT2D eigenvalue weighted by Gasteiger charge is 2.18. The maximum atomic E-state index is 11.9. The van der Waals surface area contributed by atoms with E-state index in [0.717, 1.165) is 37.5 Å². The molecule has 0 saturated carbocycles. The van der Waals surface area contributed by atoms with Crippen LogP contribution in [0.3, 0.4) is 0 Å². The molecule has 1 aliphatic rings. The molecular formula is C10H15ClN4OS. The predicted molar refractivity (Wildman–Crippen MR) is 67.6 cm³/mol. The second kappa shape index (κ2) is 5.75. The molecule has 94 valence electrons. The van der Waals surface area contributed by atoms with Crippen LogP contribution in [0.25, 0.3) is 0 Å². The van der Waals surface area contributed by atoms with Gasteiger partial charge in [-0.1, -0.05) is 11.3 Å². The monoisotopic (exact) mass is 274 g/mol. The Morgan fingerprint density at radius 2 is 2.18 bits per heavy atom. The van der Waals surface area contributed by atoms with E-state index in [2.05, 4.69) is 15.1 Å². The molecule has 7 heteroatoms. The molecule has 1 fully saturated rings. The van der Waals surface area contributed by atoms with Gasteiger partial charge in [0.15, 0.2) is 0 Å². The fraction of sp³-hybridized carbons (Fsp3) is 0.700. The summed E-state index contributed by atoms with van der Waals surface area (Å²) in [5.41, 5.74) is 0. The Morgan fingerprint density at radius 1 is 1.47 bits per heavy atom. The summed E-state index contributed by atoms with van der Waals surface area (Å²) in [6.07, 6.45) is 2.54. The fourth-order valence-corrected chi connectivity index (χ4v) is 2.68. The Balaban J connectivity index is 1.82. The summed E-state index contributed by atoms with van der Waals surface area (Å²) >= 11 is 6.78. The molecule has 0 aliphatic carbocycles. The number of carbonyl (C=O) groups is 1. The van der Waals surface area contributed by atoms with Crippen LogP contribution in [0.4, 0.5) is 0 Å². The van der Waals surface area contributed by atoms with Crippen LogP contribution in [0.2, 0.25) is 4.47 Å². The first-order valence-corrected chi connectivity index (χ1v) is 6.83. The van der Waals surface area contributed by atoms with E-state index >= 15 is 0 Å². The van der Waals surface area contributed by atoms with Crippen molar-refractivity contribution >= 4 is 28.8 Å². The minimum absolute atomic E-state index is 0.103. The Morgan fingerprint density at radius 3 is 2.76 bits per heavy atom. The Hall–Kier alpha value is -0.720. The molecule has 2 heterocycles. The first-order valence-electron chi connectivity index (χ1n) is 5.63. The third-order valence-electron chi connectivity index (χ3n) is 2.88. The van der Waals surface area contributed by atoms with E-state index in [4.69, 9.17) is 11.6 Å². The Labute approximate surface area is 109 Å². The third kappa shape index (κ3) is 3.37. The molecule has 1 aromatic heterocycles. The van der Waals surface area contributed by atoms with E-state index in [1.807, 2.05) is 0 Å². The number of aromatic nitrogens is 2. The second-order valence-corrected chi connectivity index (χ2v) is 5.70. The van der Waals surface area contributed by atoms with Crippen molar-refractivity contribution in [3.63, 3.8) is 0 Å². The summed E-state index contributed by atoms with van der Waals surface area (Å²) < 4.78 is 0.307. The molecule has 1 aromatic rings. The van der Waals surface area contributed by atoms with Crippen LogP contribution in [0.15, 0.2) is 0 Å². The van der Waals surface area contributed by atoms with Gasteiger partial charge in [0, 0.05) is 20.1 Å². The van der Waals surface area contributed by atoms with Crippen LogP contribution in [-0.2, 0) is 0 Å². The van der Waals surface area contributed by atoms with Gasteiger partial charge in [-0.05, 0) is 37.5 Å². The number of hydrogen-bond acceptors (Lipinski definition) is 5. The van der Waals surface area contributed by atoms with Crippen LogP contribution < -0.4 is 0 Å². The molecule has 2 rings (SSSR count). The smallest absolute Gasteiger partial charge is 0.284 e. The Bertz CT molecular complexity index is 391. The standard InChI is InChI=1S/C10H15ClN4OS/c1-14(6-7-15-4-2-3-5-15)9(16)8-12-13-10(11)17-8/h2-7H2,1H3. The lowest BCUT2D eigenvalue weighted by Crippen LogP contribution is -2.35. The molecule has 0 aromatic carbocycles. The molecule has 0 radical (unpaired) electrons. The molecule has 0 unspecified atom stereocenters. The van der Waals surface area contributed by atoms with E-state index in [9.17, 15) is 4.79 Å². The molecule has 5 nitrogen and oxygen atoms in total. The Kier molecular flexibility index (Phi) is 4.31. The lowest BCUT2D eigenvalue weighted by molar-refractivity contribution is 0.0781. The van der Waals surface area contributed by atoms with Gasteiger partial charge < -0.3 is 9.80 Å². The van der Waals surface area contributed by atoms with Crippen LogP contribution in [-0.4, -0.2) is 59.1 Å². The lowest BCUT2D eigenvalue weighted by atomic mass is 10.4. The van der Waals surface area contributed by atoms with Crippen molar-refractivity contribution in [2.75, 3.05) is 33.2 Å². The number of likely N-dealkylation sites (N-methyl/N-ethyl adjacent to an activating group) is 1. The zero-order valence-electron chi connectivity index (χ0n) is 9.73. The number of carbonyl (C=O) groups excluding carboxylic acids is 1. The molecule has 0 bridgehead atoms. The fourth-order valence-electron chi connectivity index (χ4n) is 1.85. The summed E-state index contributed by atoms with van der Waals surface area (Å²) in [4.78, 5) is 16.0. The highest BCUT2D eigenvalue weighted by atomic mass is 35.5. The van der Waals surface area contributed by atoms with Gasteiger partial charge in [-0.2, -0.15) is 0 Å². The summed E-state index contributed by atoms with van der Waals surface area (Å²) in [7, 11) is 1.79. The molecular weight excluding hydrogens is 260 g/mol. The van der Waals surface area contributed by atoms with Crippen molar-refractivity contribution in [1.82, 2.24) is 20.0 Å². The molecule has 1 saturated heterocycles. The highest BCUT2D eigenvalue weighted by molar-refractivity contribution is 7.17. The third-order valence-corrected chi connectivity index (χ3v) is 3.89. The predicted octanol–water partition coefficient (Wildman–Crippen LogP) is 1.36. The second-order valence-electron chi connectivity index (χ2n) is 4.14. The normalized spacial score (nSPS) is 16.4. The van der Waals surface area contributed by atoms with E-state index in [0.29, 0.717) is 9.47 Å². The molecule has 0 atom stereocenters. The van der Waals surface area contributed by atoms with E-state index in [1.165, 1.54) is 12.8 Å². The van der Waals surface area contributed by atoms with E-state index < -0.39 is 0 Å². The SMILES string of the molecule is CN(CCN1CCCC1)C(=O)c1nnc(Cl)s1. The van der Waals surface area contributed by atoms with Crippen molar-refractivity contribution in [2.24, 2.45) is 0 Å². The van der Waals surface area contributed by atoms with Crippen molar-refractivity contribution in [1.29, 1.82) is 0 Å². The average Bonchev–Trinajstić information content (AvgIpc) is 2.95. The van der Waals surface area contributed by atoms with E-state index in [-0.39, 0.29) is 5.91 Å². The quantitative estimate of drug-likeness (QED) is 0.832. The molecule has 0 N–H and O–H groups in total. The van der Waals surface area contributed by atoms with Gasteiger partial charge in [-0.3, -0.25) is 4.79 Å². The number of nitrogens with zero attached hydrogens (tertiary/aromatic N) is 4. The van der Waals surface area contributed by atoms with Crippen LogP contribution in [0, 0.1) is 0 Å². The van der Waals surface area contributed by atoms with Crippen molar-refractivity contribution < 1.29 is 4.79 Å². The number of rotatable bonds is 4. The van der Waals surface area contributed by atoms with Crippen molar-refractivity contribution in [2.45, 2.75) is 12.8 Å². The first kappa shape index (κ1) is 12.7. The summed E-state index contributed by atoms with van der Waals surface area (Å²) in [6.45, 7) is 3.93. The van der Waals surface area contributed by atoms with Gasteiger partial charge in [0.2, 0.25) is 9.47 Å². The van der Waals surface area contributed by atoms with Gasteiger partial charge >= 0.3 is 0 Å². The largest absolute Gasteiger partial charge is 0.338 e. The topological polar surface area (TPSA) is 49.3 Å². The van der Waals surface area contributed by atoms with Crippen molar-refractivity contribution in [3.05, 3.63) is 9.47 Å². The number of hydrogen-bond donors (Lipinski definition) is 0. The van der Waals surface area contributed by atoms with Gasteiger partial charge in [-0.25, -0.2) is 0 Å². The average molecular weight is 275 g/mol. The van der Waals surface area contributed by atoms with Crippen molar-refractivity contribution in [3.8, 4) is 0 Å². The molecule has 0 spiro atoms. The van der Waals surface area contributed by atoms with Gasteiger partial charge in [0.1, 0.15) is 0 Å². The first-order chi connectivity index (χ1) is 8.16. The van der Waals surface area contributed by atoms with Crippen LogP contribution >= 0.6 is 22.9 Å². The zero-order valence-corrected chi connectivity index (χ0v) is 11.3. The summed E-state index contributed by atoms with van der Waals surface area (Å²) in [5.74, 6) is -0.103. The number of likely N-dealkylation sites (tertiary alicyclic amines) is 1. The maximum Gasteiger partial charge on any atom is 0.284 e. The summed E-state index contributed by atoms with van der Waals surface area (Å²) in [6, 6.07) is 0. The molecule has 1 amide bonds. The van der Waals surface area contributed by atoms with Crippen LogP contribution in [0.5, 0.6) is 0 Å². The zero-order chi connectivity index (χ0) is 12.3. The number of amides is 1. The van der Waals surface area contributed by atoms with Gasteiger partial charge in [0.25, 0.3) is 5.91 Å². The lowest BCUT2D eigenvalue weighted by Gasteiger charge is -2.20. The molecule has 1 aliphatic heterocycles. The minimum atomic E-state index is -0.103. The molecule has 17 heavy (non-hydrogen) atoms. The van der Waals surface area contributed by atoms with Gasteiger partial charge in [-0.15, -0.1) is 10.2 Å². The van der Waals surface area contributed by atoms with E-state index in [1.54, 1.807) is 11.9 Å². The minimum Gasteiger partial charge on any atom is -0.338 e. The summed E-state index contributed by atoms with van der Waals surface area (Å²) in [5, 5.41) is 7.74. The highest BCUT2D eigenvalue weighted by Crippen LogP contribution is 2.16. The maximum absolute atomic E-state index is 11.9.